The number of fused-ring (bicyclic) bond motifs is 1. The predicted molar refractivity (Wildman–Crippen MR) is 160 cm³/mol. The minimum absolute atomic E-state index is 0.0499. The van der Waals surface area contributed by atoms with Gasteiger partial charge in [-0.05, 0) is 37.1 Å². The minimum Gasteiger partial charge on any atom is -0.480 e. The van der Waals surface area contributed by atoms with E-state index in [1.807, 2.05) is 6.92 Å². The van der Waals surface area contributed by atoms with Crippen molar-refractivity contribution < 1.29 is 33.7 Å². The lowest BCUT2D eigenvalue weighted by Crippen LogP contribution is -2.41. The number of aromatic nitrogens is 4. The van der Waals surface area contributed by atoms with Gasteiger partial charge < -0.3 is 41.0 Å². The molecular weight excluding hydrogens is 576 g/mol. The van der Waals surface area contributed by atoms with E-state index in [0.717, 1.165) is 6.42 Å². The van der Waals surface area contributed by atoms with Crippen molar-refractivity contribution in [2.75, 3.05) is 57.2 Å². The third-order valence-electron chi connectivity index (χ3n) is 6.03. The number of aliphatic carboxylic acids is 1. The molecule has 0 spiro atoms. The molecule has 0 aliphatic heterocycles. The molecule has 0 fully saturated rings. The van der Waals surface area contributed by atoms with Gasteiger partial charge in [-0.15, -0.1) is 0 Å². The number of H-pyrrole nitrogens is 1. The van der Waals surface area contributed by atoms with Crippen molar-refractivity contribution in [3.63, 3.8) is 0 Å². The quantitative estimate of drug-likeness (QED) is 0.0950. The van der Waals surface area contributed by atoms with E-state index in [0.29, 0.717) is 44.4 Å². The highest BCUT2D eigenvalue weighted by Crippen LogP contribution is 2.12. The SMILES string of the molecule is CCCOCCOCCOCCNC(=O)CCC(NC(=O)c1ccc(NCc2cnc3nc(N)[nH]c(=O)c3n2)cc1)C(=O)O. The van der Waals surface area contributed by atoms with E-state index in [-0.39, 0.29) is 61.1 Å². The second-order valence-corrected chi connectivity index (χ2v) is 9.51. The number of carbonyl (C=O) groups is 3. The summed E-state index contributed by atoms with van der Waals surface area (Å²) in [5.41, 5.74) is 6.58. The van der Waals surface area contributed by atoms with Crippen LogP contribution in [-0.2, 0) is 30.3 Å². The highest BCUT2D eigenvalue weighted by atomic mass is 16.5. The lowest BCUT2D eigenvalue weighted by molar-refractivity contribution is -0.139. The van der Waals surface area contributed by atoms with Crippen molar-refractivity contribution in [3.05, 3.63) is 52.1 Å². The largest absolute Gasteiger partial charge is 0.480 e. The van der Waals surface area contributed by atoms with Crippen LogP contribution >= 0.6 is 0 Å². The molecule has 7 N–H and O–H groups in total. The second kappa shape index (κ2) is 18.1. The molecule has 0 radical (unpaired) electrons. The van der Waals surface area contributed by atoms with E-state index in [2.05, 4.69) is 35.9 Å². The summed E-state index contributed by atoms with van der Waals surface area (Å²) in [6, 6.07) is 5.08. The topological polar surface area (TPSA) is 233 Å². The molecular formula is C28H38N8O8. The van der Waals surface area contributed by atoms with Gasteiger partial charge in [0.05, 0.1) is 51.5 Å². The average molecular weight is 615 g/mol. The number of benzene rings is 1. The highest BCUT2D eigenvalue weighted by molar-refractivity contribution is 5.97. The lowest BCUT2D eigenvalue weighted by Gasteiger charge is -2.15. The van der Waals surface area contributed by atoms with Crippen LogP contribution in [0.1, 0.15) is 42.2 Å². The zero-order valence-electron chi connectivity index (χ0n) is 24.5. The molecule has 0 saturated heterocycles. The summed E-state index contributed by atoms with van der Waals surface area (Å²) in [5, 5.41) is 17.8. The maximum Gasteiger partial charge on any atom is 0.326 e. The molecule has 3 rings (SSSR count). The number of amides is 2. The number of nitrogens with zero attached hydrogens (tertiary/aromatic N) is 3. The first-order valence-corrected chi connectivity index (χ1v) is 14.2. The van der Waals surface area contributed by atoms with Crippen molar-refractivity contribution >= 4 is 40.6 Å². The number of nitrogen functional groups attached to an aromatic ring is 1. The number of carboxylic acids is 1. The third kappa shape index (κ3) is 11.5. The Bertz CT molecular complexity index is 1430. The van der Waals surface area contributed by atoms with Crippen LogP contribution in [0.25, 0.3) is 11.2 Å². The van der Waals surface area contributed by atoms with Gasteiger partial charge in [0.2, 0.25) is 11.9 Å². The molecule has 3 aromatic rings. The Kier molecular flexibility index (Phi) is 13.9. The maximum atomic E-state index is 12.7. The number of nitrogens with one attached hydrogen (secondary N) is 4. The summed E-state index contributed by atoms with van der Waals surface area (Å²) in [6.07, 6.45) is 2.25. The second-order valence-electron chi connectivity index (χ2n) is 9.51. The van der Waals surface area contributed by atoms with Gasteiger partial charge in [0, 0.05) is 30.8 Å². The number of ether oxygens (including phenoxy) is 3. The molecule has 0 aliphatic carbocycles. The molecule has 0 bridgehead atoms. The summed E-state index contributed by atoms with van der Waals surface area (Å²) >= 11 is 0. The van der Waals surface area contributed by atoms with Gasteiger partial charge in [-0.2, -0.15) is 4.98 Å². The van der Waals surface area contributed by atoms with Gasteiger partial charge in [0.15, 0.2) is 11.2 Å². The predicted octanol–water partition coefficient (Wildman–Crippen LogP) is 0.447. The molecule has 1 unspecified atom stereocenters. The Labute approximate surface area is 253 Å². The van der Waals surface area contributed by atoms with Crippen molar-refractivity contribution in [1.82, 2.24) is 30.6 Å². The lowest BCUT2D eigenvalue weighted by atomic mass is 10.1. The van der Waals surface area contributed by atoms with Crippen LogP contribution in [0.2, 0.25) is 0 Å². The highest BCUT2D eigenvalue weighted by Gasteiger charge is 2.21. The van der Waals surface area contributed by atoms with E-state index in [1.165, 1.54) is 18.3 Å². The standard InChI is InChI=1S/C28H38N8O8/c1-2-10-42-12-14-44-15-13-43-11-9-30-22(37)8-7-21(27(40)41)34-25(38)18-3-5-19(6-4-18)31-16-20-17-32-24-23(33-20)26(39)36-28(29)35-24/h3-6,17,21,31H,2,7-16H2,1H3,(H,30,37)(H,34,38)(H,40,41)(H3,29,32,35,36,39). The Morgan fingerprint density at radius 2 is 1.68 bits per heavy atom. The summed E-state index contributed by atoms with van der Waals surface area (Å²) in [7, 11) is 0. The van der Waals surface area contributed by atoms with Gasteiger partial charge in [-0.3, -0.25) is 19.4 Å². The van der Waals surface area contributed by atoms with E-state index in [9.17, 15) is 24.3 Å². The van der Waals surface area contributed by atoms with E-state index in [4.69, 9.17) is 19.9 Å². The van der Waals surface area contributed by atoms with Crippen LogP contribution in [0.5, 0.6) is 0 Å². The number of carbonyl (C=O) groups excluding carboxylic acids is 2. The first-order chi connectivity index (χ1) is 21.3. The van der Waals surface area contributed by atoms with Crippen molar-refractivity contribution in [2.24, 2.45) is 0 Å². The molecule has 16 nitrogen and oxygen atoms in total. The van der Waals surface area contributed by atoms with Crippen LogP contribution in [0, 0.1) is 0 Å². The van der Waals surface area contributed by atoms with Crippen molar-refractivity contribution in [3.8, 4) is 0 Å². The summed E-state index contributed by atoms with van der Waals surface area (Å²) in [4.78, 5) is 63.2. The van der Waals surface area contributed by atoms with Crippen LogP contribution in [0.4, 0.5) is 11.6 Å². The molecule has 2 amide bonds. The van der Waals surface area contributed by atoms with Crippen LogP contribution in [-0.4, -0.2) is 95.1 Å². The fourth-order valence-corrected chi connectivity index (χ4v) is 3.80. The Morgan fingerprint density at radius 1 is 1.00 bits per heavy atom. The zero-order chi connectivity index (χ0) is 31.7. The summed E-state index contributed by atoms with van der Waals surface area (Å²) < 4.78 is 16.0. The molecule has 2 heterocycles. The fourth-order valence-electron chi connectivity index (χ4n) is 3.80. The van der Waals surface area contributed by atoms with Crippen LogP contribution in [0.3, 0.4) is 0 Å². The molecule has 1 atom stereocenters. The number of anilines is 2. The zero-order valence-corrected chi connectivity index (χ0v) is 24.5. The molecule has 0 aliphatic rings. The number of hydrogen-bond acceptors (Lipinski definition) is 12. The van der Waals surface area contributed by atoms with Gasteiger partial charge in [-0.1, -0.05) is 6.92 Å². The minimum atomic E-state index is -1.25. The number of nitrogens with two attached hydrogens (primary N) is 1. The van der Waals surface area contributed by atoms with E-state index >= 15 is 0 Å². The van der Waals surface area contributed by atoms with Gasteiger partial charge in [-0.25, -0.2) is 14.8 Å². The average Bonchev–Trinajstić information content (AvgIpc) is 3.01. The van der Waals surface area contributed by atoms with Gasteiger partial charge >= 0.3 is 5.97 Å². The molecule has 2 aromatic heterocycles. The van der Waals surface area contributed by atoms with Crippen molar-refractivity contribution in [1.29, 1.82) is 0 Å². The third-order valence-corrected chi connectivity index (χ3v) is 6.03. The number of aromatic amines is 1. The monoisotopic (exact) mass is 614 g/mol. The Hall–Kier alpha value is -4.67. The first-order valence-electron chi connectivity index (χ1n) is 14.2. The summed E-state index contributed by atoms with van der Waals surface area (Å²) in [5.74, 6) is -2.24. The molecule has 1 aromatic carbocycles. The molecule has 238 valence electrons. The first kappa shape index (κ1) is 33.8. The number of carboxylic acid groups (broad SMARTS) is 1. The summed E-state index contributed by atoms with van der Waals surface area (Å²) in [6.45, 7) is 5.35. The van der Waals surface area contributed by atoms with Crippen LogP contribution < -0.4 is 27.2 Å². The smallest absolute Gasteiger partial charge is 0.326 e. The number of hydrogen-bond donors (Lipinski definition) is 6. The van der Waals surface area contributed by atoms with Gasteiger partial charge in [0.25, 0.3) is 11.5 Å². The molecule has 44 heavy (non-hydrogen) atoms. The number of rotatable bonds is 20. The Balaban J connectivity index is 1.36. The Morgan fingerprint density at radius 3 is 2.36 bits per heavy atom. The fraction of sp³-hybridized carbons (Fsp3) is 0.464. The van der Waals surface area contributed by atoms with Gasteiger partial charge in [0.1, 0.15) is 6.04 Å². The molecule has 16 heteroatoms. The molecule has 0 saturated carbocycles. The maximum absolute atomic E-state index is 12.7. The van der Waals surface area contributed by atoms with Crippen molar-refractivity contribution in [2.45, 2.75) is 38.8 Å². The van der Waals surface area contributed by atoms with E-state index in [1.54, 1.807) is 12.1 Å². The van der Waals surface area contributed by atoms with Crippen LogP contribution in [0.15, 0.2) is 35.3 Å². The van der Waals surface area contributed by atoms with E-state index < -0.39 is 23.5 Å². The normalized spacial score (nSPS) is 11.7.